The minimum Gasteiger partial charge on any atom is -0.491 e. The summed E-state index contributed by atoms with van der Waals surface area (Å²) in [7, 11) is 0. The molecule has 4 nitrogen and oxygen atoms in total. The van der Waals surface area contributed by atoms with Crippen molar-refractivity contribution in [2.45, 2.75) is 6.42 Å². The zero-order valence-corrected chi connectivity index (χ0v) is 11.5. The van der Waals surface area contributed by atoms with Gasteiger partial charge in [0.2, 0.25) is 0 Å². The lowest BCUT2D eigenvalue weighted by Crippen LogP contribution is -2.13. The van der Waals surface area contributed by atoms with Gasteiger partial charge in [0, 0.05) is 18.1 Å². The minimum absolute atomic E-state index is 0.135. The van der Waals surface area contributed by atoms with Crippen molar-refractivity contribution in [1.29, 1.82) is 0 Å². The Morgan fingerprint density at radius 1 is 1.35 bits per heavy atom. The van der Waals surface area contributed by atoms with E-state index in [9.17, 15) is 0 Å². The maximum atomic E-state index is 8.66. The van der Waals surface area contributed by atoms with Crippen LogP contribution in [0.2, 0.25) is 0 Å². The van der Waals surface area contributed by atoms with Crippen LogP contribution in [-0.4, -0.2) is 44.7 Å². The number of hydrogen-bond donors (Lipinski definition) is 1. The summed E-state index contributed by atoms with van der Waals surface area (Å²) in [5, 5.41) is 8.66. The van der Waals surface area contributed by atoms with Gasteiger partial charge < -0.3 is 19.3 Å². The maximum Gasteiger partial charge on any atom is 0.120 e. The summed E-state index contributed by atoms with van der Waals surface area (Å²) in [5.41, 5.74) is 0.834. The number of rotatable bonds is 6. The SMILES string of the molecule is OCC#Cc1cccc(OCCOCC2CCOC2)c1. The van der Waals surface area contributed by atoms with Crippen LogP contribution < -0.4 is 4.74 Å². The normalized spacial score (nSPS) is 17.6. The first-order valence-electron chi connectivity index (χ1n) is 6.86. The van der Waals surface area contributed by atoms with Gasteiger partial charge in [0.05, 0.1) is 19.8 Å². The van der Waals surface area contributed by atoms with Crippen molar-refractivity contribution >= 4 is 0 Å². The van der Waals surface area contributed by atoms with Gasteiger partial charge in [-0.15, -0.1) is 0 Å². The molecule has 0 radical (unpaired) electrons. The Bertz CT molecular complexity index is 455. The molecule has 20 heavy (non-hydrogen) atoms. The Morgan fingerprint density at radius 3 is 3.10 bits per heavy atom. The lowest BCUT2D eigenvalue weighted by Gasteiger charge is -2.10. The predicted molar refractivity (Wildman–Crippen MR) is 75.6 cm³/mol. The van der Waals surface area contributed by atoms with Crippen LogP contribution in [-0.2, 0) is 9.47 Å². The zero-order chi connectivity index (χ0) is 14.0. The Morgan fingerprint density at radius 2 is 2.30 bits per heavy atom. The van der Waals surface area contributed by atoms with E-state index < -0.39 is 0 Å². The molecule has 1 saturated heterocycles. The van der Waals surface area contributed by atoms with Gasteiger partial charge in [-0.05, 0) is 24.6 Å². The molecule has 4 heteroatoms. The summed E-state index contributed by atoms with van der Waals surface area (Å²) >= 11 is 0. The number of benzene rings is 1. The van der Waals surface area contributed by atoms with Crippen LogP contribution in [0.25, 0.3) is 0 Å². The predicted octanol–water partition coefficient (Wildman–Crippen LogP) is 1.46. The van der Waals surface area contributed by atoms with E-state index >= 15 is 0 Å². The van der Waals surface area contributed by atoms with Crippen molar-refractivity contribution in [2.24, 2.45) is 5.92 Å². The van der Waals surface area contributed by atoms with Gasteiger partial charge >= 0.3 is 0 Å². The second kappa shape index (κ2) is 8.60. The van der Waals surface area contributed by atoms with Crippen molar-refractivity contribution < 1.29 is 19.3 Å². The summed E-state index contributed by atoms with van der Waals surface area (Å²) in [6.45, 7) is 3.36. The Balaban J connectivity index is 1.65. The molecule has 1 aliphatic rings. The topological polar surface area (TPSA) is 47.9 Å². The van der Waals surface area contributed by atoms with Crippen molar-refractivity contribution in [3.05, 3.63) is 29.8 Å². The molecule has 1 aromatic carbocycles. The van der Waals surface area contributed by atoms with Gasteiger partial charge in [-0.1, -0.05) is 17.9 Å². The van der Waals surface area contributed by atoms with Crippen LogP contribution >= 0.6 is 0 Å². The van der Waals surface area contributed by atoms with Gasteiger partial charge in [-0.25, -0.2) is 0 Å². The van der Waals surface area contributed by atoms with Crippen LogP contribution in [0.15, 0.2) is 24.3 Å². The largest absolute Gasteiger partial charge is 0.491 e. The van der Waals surface area contributed by atoms with Crippen LogP contribution in [0, 0.1) is 17.8 Å². The molecule has 108 valence electrons. The highest BCUT2D eigenvalue weighted by atomic mass is 16.5. The highest BCUT2D eigenvalue weighted by Crippen LogP contribution is 2.13. The van der Waals surface area contributed by atoms with Gasteiger partial charge in [-0.3, -0.25) is 0 Å². The number of aliphatic hydroxyl groups is 1. The molecule has 1 aliphatic heterocycles. The third kappa shape index (κ3) is 5.22. The van der Waals surface area contributed by atoms with Crippen LogP contribution in [0.5, 0.6) is 5.75 Å². The molecule has 0 saturated carbocycles. The van der Waals surface area contributed by atoms with E-state index in [-0.39, 0.29) is 6.61 Å². The summed E-state index contributed by atoms with van der Waals surface area (Å²) in [6, 6.07) is 7.50. The van der Waals surface area contributed by atoms with Gasteiger partial charge in [0.15, 0.2) is 0 Å². The first-order valence-corrected chi connectivity index (χ1v) is 6.86. The van der Waals surface area contributed by atoms with Gasteiger partial charge in [0.1, 0.15) is 19.0 Å². The van der Waals surface area contributed by atoms with Crippen molar-refractivity contribution in [2.75, 3.05) is 39.6 Å². The molecule has 0 aromatic heterocycles. The molecule has 1 N–H and O–H groups in total. The highest BCUT2D eigenvalue weighted by molar-refractivity contribution is 5.39. The smallest absolute Gasteiger partial charge is 0.120 e. The molecular weight excluding hydrogens is 256 g/mol. The lowest BCUT2D eigenvalue weighted by molar-refractivity contribution is 0.0684. The van der Waals surface area contributed by atoms with Crippen LogP contribution in [0.1, 0.15) is 12.0 Å². The van der Waals surface area contributed by atoms with Crippen molar-refractivity contribution in [3.8, 4) is 17.6 Å². The van der Waals surface area contributed by atoms with Gasteiger partial charge in [-0.2, -0.15) is 0 Å². The summed E-state index contributed by atoms with van der Waals surface area (Å²) in [5.74, 6) is 6.76. The summed E-state index contributed by atoms with van der Waals surface area (Å²) < 4.78 is 16.5. The third-order valence-corrected chi connectivity index (χ3v) is 3.02. The Kier molecular flexibility index (Phi) is 6.39. The Labute approximate surface area is 119 Å². The van der Waals surface area contributed by atoms with E-state index in [1.807, 2.05) is 24.3 Å². The molecule has 1 unspecified atom stereocenters. The van der Waals surface area contributed by atoms with Crippen molar-refractivity contribution in [3.63, 3.8) is 0 Å². The molecule has 1 atom stereocenters. The molecule has 0 aliphatic carbocycles. The van der Waals surface area contributed by atoms with E-state index in [0.29, 0.717) is 19.1 Å². The monoisotopic (exact) mass is 276 g/mol. The standard InChI is InChI=1S/C16H20O4/c17-7-2-4-14-3-1-5-16(11-14)20-10-9-19-13-15-6-8-18-12-15/h1,3,5,11,15,17H,6-10,12-13H2. The van der Waals surface area contributed by atoms with E-state index in [1.54, 1.807) is 0 Å². The molecule has 0 bridgehead atoms. The number of hydrogen-bond acceptors (Lipinski definition) is 4. The fourth-order valence-corrected chi connectivity index (χ4v) is 1.99. The first-order chi connectivity index (χ1) is 9.88. The second-order valence-electron chi connectivity index (χ2n) is 4.64. The maximum absolute atomic E-state index is 8.66. The molecule has 2 rings (SSSR count). The molecule has 0 spiro atoms. The lowest BCUT2D eigenvalue weighted by atomic mass is 10.1. The summed E-state index contributed by atoms with van der Waals surface area (Å²) in [4.78, 5) is 0. The molecule has 1 heterocycles. The molecular formula is C16H20O4. The Hall–Kier alpha value is -1.54. The van der Waals surface area contributed by atoms with E-state index in [0.717, 1.165) is 37.6 Å². The first kappa shape index (κ1) is 14.9. The molecule has 1 fully saturated rings. The zero-order valence-electron chi connectivity index (χ0n) is 11.5. The highest BCUT2D eigenvalue weighted by Gasteiger charge is 2.15. The van der Waals surface area contributed by atoms with Crippen molar-refractivity contribution in [1.82, 2.24) is 0 Å². The van der Waals surface area contributed by atoms with E-state index in [4.69, 9.17) is 19.3 Å². The van der Waals surface area contributed by atoms with Crippen LogP contribution in [0.4, 0.5) is 0 Å². The van der Waals surface area contributed by atoms with E-state index in [1.165, 1.54) is 0 Å². The summed E-state index contributed by atoms with van der Waals surface area (Å²) in [6.07, 6.45) is 1.09. The average molecular weight is 276 g/mol. The number of aliphatic hydroxyl groups excluding tert-OH is 1. The van der Waals surface area contributed by atoms with Gasteiger partial charge in [0.25, 0.3) is 0 Å². The van der Waals surface area contributed by atoms with E-state index in [2.05, 4.69) is 11.8 Å². The molecule has 1 aromatic rings. The third-order valence-electron chi connectivity index (χ3n) is 3.02. The fraction of sp³-hybridized carbons (Fsp3) is 0.500. The average Bonchev–Trinajstić information content (AvgIpc) is 2.98. The fourth-order valence-electron chi connectivity index (χ4n) is 1.99. The quantitative estimate of drug-likeness (QED) is 0.631. The number of ether oxygens (including phenoxy) is 3. The second-order valence-corrected chi connectivity index (χ2v) is 4.64. The minimum atomic E-state index is -0.135. The molecule has 0 amide bonds. The van der Waals surface area contributed by atoms with Crippen LogP contribution in [0.3, 0.4) is 0 Å².